The Balaban J connectivity index is 1.58. The lowest BCUT2D eigenvalue weighted by Gasteiger charge is -2.71. The number of carbonyl (C=O) groups excluding carboxylic acids is 2. The van der Waals surface area contributed by atoms with Crippen molar-refractivity contribution in [2.45, 2.75) is 112 Å². The van der Waals surface area contributed by atoms with E-state index in [0.29, 0.717) is 24.7 Å². The number of hydrogen-bond donors (Lipinski definition) is 1. The molecule has 5 rings (SSSR count). The first-order chi connectivity index (χ1) is 16.1. The molecule has 0 heterocycles. The van der Waals surface area contributed by atoms with Crippen LogP contribution in [0.5, 0.6) is 0 Å². The summed E-state index contributed by atoms with van der Waals surface area (Å²) in [5.74, 6) is 1.22. The maximum absolute atomic E-state index is 13.6. The van der Waals surface area contributed by atoms with E-state index >= 15 is 0 Å². The predicted octanol–water partition coefficient (Wildman–Crippen LogP) is 6.50. The number of hydrogen-bond acceptors (Lipinski definition) is 4. The number of methoxy groups -OCH3 is 1. The molecule has 0 unspecified atom stereocenters. The van der Waals surface area contributed by atoms with Gasteiger partial charge >= 0.3 is 5.97 Å². The van der Waals surface area contributed by atoms with Crippen LogP contribution in [-0.2, 0) is 14.3 Å². The Labute approximate surface area is 212 Å². The quantitative estimate of drug-likeness (QED) is 0.341. The van der Waals surface area contributed by atoms with Gasteiger partial charge in [0.05, 0.1) is 18.6 Å². The van der Waals surface area contributed by atoms with Crippen molar-refractivity contribution in [2.24, 2.45) is 50.2 Å². The van der Waals surface area contributed by atoms with Gasteiger partial charge in [-0.25, -0.2) is 0 Å². The van der Waals surface area contributed by atoms with E-state index in [0.717, 1.165) is 38.5 Å². The Morgan fingerprint density at radius 3 is 2.31 bits per heavy atom. The van der Waals surface area contributed by atoms with E-state index in [-0.39, 0.29) is 50.8 Å². The maximum Gasteiger partial charge on any atom is 0.311 e. The maximum atomic E-state index is 13.6. The van der Waals surface area contributed by atoms with Gasteiger partial charge in [0.25, 0.3) is 0 Å². The number of aliphatic hydroxyl groups is 1. The zero-order valence-corrected chi connectivity index (χ0v) is 23.4. The molecule has 4 nitrogen and oxygen atoms in total. The molecular formula is C31H48O4. The first-order valence-electron chi connectivity index (χ1n) is 14.1. The van der Waals surface area contributed by atoms with Gasteiger partial charge in [0.1, 0.15) is 5.78 Å². The zero-order chi connectivity index (χ0) is 25.8. The average Bonchev–Trinajstić information content (AvgIpc) is 2.78. The van der Waals surface area contributed by atoms with Crippen LogP contribution in [-0.4, -0.2) is 30.1 Å². The second-order valence-electron chi connectivity index (χ2n) is 15.0. The van der Waals surface area contributed by atoms with Gasteiger partial charge in [-0.2, -0.15) is 0 Å². The van der Waals surface area contributed by atoms with Crippen LogP contribution in [0, 0.1) is 50.2 Å². The molecule has 196 valence electrons. The van der Waals surface area contributed by atoms with E-state index in [9.17, 15) is 14.7 Å². The third-order valence-electron chi connectivity index (χ3n) is 13.3. The molecule has 9 atom stereocenters. The van der Waals surface area contributed by atoms with E-state index in [1.54, 1.807) is 0 Å². The first kappa shape index (κ1) is 25.5. The van der Waals surface area contributed by atoms with Gasteiger partial charge < -0.3 is 9.84 Å². The molecule has 0 aromatic heterocycles. The molecule has 4 fully saturated rings. The molecular weight excluding hydrogens is 436 g/mol. The summed E-state index contributed by atoms with van der Waals surface area (Å²) in [6.07, 6.45) is 10.7. The SMILES string of the molecule is COC(=O)[C@@]1(C)CC(=O)[C@]2(C)CC[C@]3(C)C(=CC[C@@H]4[C@@]5(C)CC[C@H](O)C(C)(C)[C@@H]5CC[C@]43C)[C@@H]2C1. The summed E-state index contributed by atoms with van der Waals surface area (Å²) in [5, 5.41) is 10.9. The number of ketones is 1. The standard InChI is InChI=1S/C31H48O4/c1-26(2)21-11-14-31(7)22(29(21,5)13-12-23(26)32)10-9-19-20-17-27(3,25(34)35-8)18-24(33)28(20,4)15-16-30(19,31)6/h9,20-23,32H,10-18H2,1-8H3/t20-,21-,22+,23-,27+,28+,29-,30+,31+/m0/s1. The molecule has 0 aromatic carbocycles. The van der Waals surface area contributed by atoms with Crippen molar-refractivity contribution in [3.05, 3.63) is 11.6 Å². The van der Waals surface area contributed by atoms with Crippen LogP contribution in [0.3, 0.4) is 0 Å². The minimum Gasteiger partial charge on any atom is -0.469 e. The van der Waals surface area contributed by atoms with Crippen LogP contribution < -0.4 is 0 Å². The highest BCUT2D eigenvalue weighted by molar-refractivity contribution is 5.92. The fourth-order valence-corrected chi connectivity index (χ4v) is 10.7. The monoisotopic (exact) mass is 484 g/mol. The van der Waals surface area contributed by atoms with Gasteiger partial charge in [-0.15, -0.1) is 0 Å². The van der Waals surface area contributed by atoms with E-state index in [1.807, 2.05) is 6.92 Å². The number of rotatable bonds is 1. The van der Waals surface area contributed by atoms with Crippen LogP contribution in [0.25, 0.3) is 0 Å². The number of carbonyl (C=O) groups is 2. The van der Waals surface area contributed by atoms with Crippen LogP contribution in [0.4, 0.5) is 0 Å². The van der Waals surface area contributed by atoms with Gasteiger partial charge in [0.2, 0.25) is 0 Å². The fraction of sp³-hybridized carbons (Fsp3) is 0.871. The van der Waals surface area contributed by atoms with Crippen molar-refractivity contribution in [3.63, 3.8) is 0 Å². The van der Waals surface area contributed by atoms with E-state index in [1.165, 1.54) is 19.1 Å². The number of aliphatic hydroxyl groups excluding tert-OH is 1. The van der Waals surface area contributed by atoms with Crippen molar-refractivity contribution in [3.8, 4) is 0 Å². The van der Waals surface area contributed by atoms with Crippen molar-refractivity contribution in [2.75, 3.05) is 7.11 Å². The average molecular weight is 485 g/mol. The normalized spacial score (nSPS) is 52.8. The lowest BCUT2D eigenvalue weighted by atomic mass is 9.33. The van der Waals surface area contributed by atoms with Crippen molar-refractivity contribution in [1.82, 2.24) is 0 Å². The number of ether oxygens (including phenoxy) is 1. The Morgan fingerprint density at radius 1 is 0.971 bits per heavy atom. The Morgan fingerprint density at radius 2 is 1.66 bits per heavy atom. The minimum atomic E-state index is -0.736. The molecule has 0 amide bonds. The molecule has 5 aliphatic carbocycles. The summed E-state index contributed by atoms with van der Waals surface area (Å²) in [6.45, 7) is 16.3. The van der Waals surface area contributed by atoms with Crippen LogP contribution >= 0.6 is 0 Å². The Hall–Kier alpha value is -1.16. The third-order valence-corrected chi connectivity index (χ3v) is 13.3. The summed E-state index contributed by atoms with van der Waals surface area (Å²) in [4.78, 5) is 26.4. The van der Waals surface area contributed by atoms with E-state index < -0.39 is 5.41 Å². The molecule has 0 bridgehead atoms. The third kappa shape index (κ3) is 3.01. The molecule has 0 radical (unpaired) electrons. The number of allylic oxidation sites excluding steroid dienone is 2. The largest absolute Gasteiger partial charge is 0.469 e. The molecule has 0 aromatic rings. The second kappa shape index (κ2) is 7.45. The molecule has 0 saturated heterocycles. The van der Waals surface area contributed by atoms with Crippen LogP contribution in [0.15, 0.2) is 11.6 Å². The highest BCUT2D eigenvalue weighted by Crippen LogP contribution is 2.75. The molecule has 4 heteroatoms. The zero-order valence-electron chi connectivity index (χ0n) is 23.4. The molecule has 5 aliphatic rings. The lowest BCUT2D eigenvalue weighted by Crippen LogP contribution is -2.65. The fourth-order valence-electron chi connectivity index (χ4n) is 10.7. The van der Waals surface area contributed by atoms with Gasteiger partial charge in [-0.05, 0) is 97.7 Å². The first-order valence-corrected chi connectivity index (χ1v) is 14.1. The lowest BCUT2D eigenvalue weighted by molar-refractivity contribution is -0.203. The molecule has 35 heavy (non-hydrogen) atoms. The van der Waals surface area contributed by atoms with Gasteiger partial charge in [-0.3, -0.25) is 9.59 Å². The van der Waals surface area contributed by atoms with Crippen molar-refractivity contribution < 1.29 is 19.4 Å². The minimum absolute atomic E-state index is 0.0307. The second-order valence-corrected chi connectivity index (χ2v) is 15.0. The molecule has 0 spiro atoms. The summed E-state index contributed by atoms with van der Waals surface area (Å²) in [5.41, 5.74) is 0.700. The predicted molar refractivity (Wildman–Crippen MR) is 137 cm³/mol. The molecule has 4 saturated carbocycles. The van der Waals surface area contributed by atoms with Gasteiger partial charge in [-0.1, -0.05) is 53.2 Å². The van der Waals surface area contributed by atoms with Gasteiger partial charge in [0, 0.05) is 11.8 Å². The summed E-state index contributed by atoms with van der Waals surface area (Å²) in [7, 11) is 1.45. The number of esters is 1. The summed E-state index contributed by atoms with van der Waals surface area (Å²) >= 11 is 0. The summed E-state index contributed by atoms with van der Waals surface area (Å²) < 4.78 is 5.19. The highest BCUT2D eigenvalue weighted by atomic mass is 16.5. The topological polar surface area (TPSA) is 63.6 Å². The van der Waals surface area contributed by atoms with Gasteiger partial charge in [0.15, 0.2) is 0 Å². The Bertz CT molecular complexity index is 980. The Kier molecular flexibility index (Phi) is 5.43. The van der Waals surface area contributed by atoms with Crippen molar-refractivity contribution in [1.29, 1.82) is 0 Å². The smallest absolute Gasteiger partial charge is 0.311 e. The number of Topliss-reactive ketones (excluding diaryl/α,β-unsaturated/α-hetero) is 1. The summed E-state index contributed by atoms with van der Waals surface area (Å²) in [6, 6.07) is 0. The molecule has 0 aliphatic heterocycles. The van der Waals surface area contributed by atoms with E-state index in [4.69, 9.17) is 4.74 Å². The van der Waals surface area contributed by atoms with Crippen LogP contribution in [0.1, 0.15) is 106 Å². The highest BCUT2D eigenvalue weighted by Gasteiger charge is 2.69. The molecule has 1 N–H and O–H groups in total. The van der Waals surface area contributed by atoms with Crippen LogP contribution in [0.2, 0.25) is 0 Å². The van der Waals surface area contributed by atoms with Crippen molar-refractivity contribution >= 4 is 11.8 Å². The van der Waals surface area contributed by atoms with E-state index in [2.05, 4.69) is 47.6 Å². The number of fused-ring (bicyclic) bond motifs is 7.